The molecule has 17 heavy (non-hydrogen) atoms. The van der Waals surface area contributed by atoms with E-state index in [1.54, 1.807) is 0 Å². The first-order chi connectivity index (χ1) is 8.25. The van der Waals surface area contributed by atoms with Crippen molar-refractivity contribution in [2.45, 2.75) is 19.4 Å². The summed E-state index contributed by atoms with van der Waals surface area (Å²) in [6.07, 6.45) is 0.970. The molecule has 0 radical (unpaired) electrons. The van der Waals surface area contributed by atoms with Crippen LogP contribution in [0.25, 0.3) is 0 Å². The molecule has 0 amide bonds. The molecule has 0 aliphatic carbocycles. The Morgan fingerprint density at radius 1 is 1.53 bits per heavy atom. The average Bonchev–Trinajstić information content (AvgIpc) is 2.73. The Kier molecular flexibility index (Phi) is 4.59. The van der Waals surface area contributed by atoms with E-state index in [1.807, 2.05) is 13.0 Å². The van der Waals surface area contributed by atoms with Gasteiger partial charge in [-0.3, -0.25) is 4.90 Å². The minimum atomic E-state index is 0.613. The SMILES string of the molecule is Cc1ccc(CCNCC2CNCCN2C)o1. The van der Waals surface area contributed by atoms with Crippen LogP contribution in [0.15, 0.2) is 16.5 Å². The lowest BCUT2D eigenvalue weighted by molar-refractivity contribution is 0.196. The summed E-state index contributed by atoms with van der Waals surface area (Å²) < 4.78 is 5.53. The van der Waals surface area contributed by atoms with Crippen molar-refractivity contribution in [1.82, 2.24) is 15.5 Å². The van der Waals surface area contributed by atoms with Crippen LogP contribution in [0.3, 0.4) is 0 Å². The van der Waals surface area contributed by atoms with Crippen LogP contribution in [0, 0.1) is 6.92 Å². The third kappa shape index (κ3) is 3.84. The summed E-state index contributed by atoms with van der Waals surface area (Å²) >= 11 is 0. The number of nitrogens with zero attached hydrogens (tertiary/aromatic N) is 1. The highest BCUT2D eigenvalue weighted by atomic mass is 16.3. The van der Waals surface area contributed by atoms with Crippen molar-refractivity contribution in [3.05, 3.63) is 23.7 Å². The quantitative estimate of drug-likeness (QED) is 0.737. The van der Waals surface area contributed by atoms with Gasteiger partial charge in [0.25, 0.3) is 0 Å². The number of hydrogen-bond donors (Lipinski definition) is 2. The lowest BCUT2D eigenvalue weighted by Crippen LogP contribution is -2.53. The molecule has 2 rings (SSSR count). The van der Waals surface area contributed by atoms with Crippen LogP contribution in [0.2, 0.25) is 0 Å². The summed E-state index contributed by atoms with van der Waals surface area (Å²) in [4.78, 5) is 2.42. The molecule has 1 aromatic rings. The molecule has 1 fully saturated rings. The van der Waals surface area contributed by atoms with E-state index in [1.165, 1.54) is 0 Å². The lowest BCUT2D eigenvalue weighted by atomic mass is 10.2. The Hall–Kier alpha value is -0.840. The highest BCUT2D eigenvalue weighted by molar-refractivity contribution is 5.05. The summed E-state index contributed by atoms with van der Waals surface area (Å²) in [5, 5.41) is 6.93. The second kappa shape index (κ2) is 6.19. The van der Waals surface area contributed by atoms with Gasteiger partial charge >= 0.3 is 0 Å². The Balaban J connectivity index is 1.62. The van der Waals surface area contributed by atoms with E-state index in [0.29, 0.717) is 6.04 Å². The largest absolute Gasteiger partial charge is 0.466 e. The van der Waals surface area contributed by atoms with Crippen molar-refractivity contribution in [2.75, 3.05) is 39.8 Å². The molecule has 2 heterocycles. The van der Waals surface area contributed by atoms with Gasteiger partial charge in [0.1, 0.15) is 11.5 Å². The molecular formula is C13H23N3O. The first kappa shape index (κ1) is 12.6. The van der Waals surface area contributed by atoms with E-state index in [2.05, 4.69) is 28.6 Å². The molecule has 4 nitrogen and oxygen atoms in total. The Labute approximate surface area is 103 Å². The minimum absolute atomic E-state index is 0.613. The topological polar surface area (TPSA) is 40.4 Å². The van der Waals surface area contributed by atoms with Gasteiger partial charge in [0.05, 0.1) is 0 Å². The molecule has 1 aromatic heterocycles. The number of hydrogen-bond acceptors (Lipinski definition) is 4. The van der Waals surface area contributed by atoms with E-state index in [-0.39, 0.29) is 0 Å². The monoisotopic (exact) mass is 237 g/mol. The van der Waals surface area contributed by atoms with Crippen LogP contribution in [-0.4, -0.2) is 50.7 Å². The van der Waals surface area contributed by atoms with Gasteiger partial charge in [-0.1, -0.05) is 0 Å². The van der Waals surface area contributed by atoms with Gasteiger partial charge in [0.15, 0.2) is 0 Å². The summed E-state index contributed by atoms with van der Waals surface area (Å²) in [7, 11) is 2.20. The molecule has 1 unspecified atom stereocenters. The molecule has 1 atom stereocenters. The van der Waals surface area contributed by atoms with Crippen LogP contribution in [0.4, 0.5) is 0 Å². The smallest absolute Gasteiger partial charge is 0.105 e. The predicted molar refractivity (Wildman–Crippen MR) is 69.3 cm³/mol. The van der Waals surface area contributed by atoms with Crippen LogP contribution >= 0.6 is 0 Å². The van der Waals surface area contributed by atoms with E-state index < -0.39 is 0 Å². The fourth-order valence-electron chi connectivity index (χ4n) is 2.19. The van der Waals surface area contributed by atoms with Crippen LogP contribution in [0.5, 0.6) is 0 Å². The van der Waals surface area contributed by atoms with Crippen LogP contribution < -0.4 is 10.6 Å². The molecule has 2 N–H and O–H groups in total. The molecule has 96 valence electrons. The van der Waals surface area contributed by atoms with E-state index in [0.717, 1.165) is 50.7 Å². The molecular weight excluding hydrogens is 214 g/mol. The van der Waals surface area contributed by atoms with Crippen molar-refractivity contribution in [1.29, 1.82) is 0 Å². The fraction of sp³-hybridized carbons (Fsp3) is 0.692. The Bertz CT molecular complexity index is 337. The average molecular weight is 237 g/mol. The highest BCUT2D eigenvalue weighted by Gasteiger charge is 2.17. The van der Waals surface area contributed by atoms with Gasteiger partial charge in [-0.15, -0.1) is 0 Å². The Morgan fingerprint density at radius 3 is 3.12 bits per heavy atom. The molecule has 0 bridgehead atoms. The van der Waals surface area contributed by atoms with E-state index >= 15 is 0 Å². The van der Waals surface area contributed by atoms with Crippen LogP contribution in [0.1, 0.15) is 11.5 Å². The van der Waals surface area contributed by atoms with Gasteiger partial charge in [0.2, 0.25) is 0 Å². The number of rotatable bonds is 5. The fourth-order valence-corrected chi connectivity index (χ4v) is 2.19. The van der Waals surface area contributed by atoms with Gasteiger partial charge < -0.3 is 15.1 Å². The maximum Gasteiger partial charge on any atom is 0.105 e. The van der Waals surface area contributed by atoms with Crippen molar-refractivity contribution in [2.24, 2.45) is 0 Å². The van der Waals surface area contributed by atoms with Gasteiger partial charge in [-0.2, -0.15) is 0 Å². The number of nitrogens with one attached hydrogen (secondary N) is 2. The summed E-state index contributed by atoms with van der Waals surface area (Å²) in [6, 6.07) is 4.70. The maximum absolute atomic E-state index is 5.53. The molecule has 0 spiro atoms. The first-order valence-corrected chi connectivity index (χ1v) is 6.42. The molecule has 0 saturated carbocycles. The summed E-state index contributed by atoms with van der Waals surface area (Å²) in [6.45, 7) is 7.35. The predicted octanol–water partition coefficient (Wildman–Crippen LogP) is 0.624. The highest BCUT2D eigenvalue weighted by Crippen LogP contribution is 2.06. The van der Waals surface area contributed by atoms with Gasteiger partial charge in [-0.05, 0) is 26.1 Å². The third-order valence-corrected chi connectivity index (χ3v) is 3.37. The van der Waals surface area contributed by atoms with E-state index in [4.69, 9.17) is 4.42 Å². The molecule has 4 heteroatoms. The van der Waals surface area contributed by atoms with Crippen molar-refractivity contribution in [3.8, 4) is 0 Å². The normalized spacial score (nSPS) is 21.9. The Morgan fingerprint density at radius 2 is 2.41 bits per heavy atom. The molecule has 1 aliphatic rings. The van der Waals surface area contributed by atoms with Gasteiger partial charge in [0, 0.05) is 45.2 Å². The second-order valence-corrected chi connectivity index (χ2v) is 4.81. The number of furan rings is 1. The molecule has 1 aliphatic heterocycles. The van der Waals surface area contributed by atoms with Crippen LogP contribution in [-0.2, 0) is 6.42 Å². The van der Waals surface area contributed by atoms with Crippen molar-refractivity contribution in [3.63, 3.8) is 0 Å². The van der Waals surface area contributed by atoms with Gasteiger partial charge in [-0.25, -0.2) is 0 Å². The standard InChI is InChI=1S/C13H23N3O/c1-11-3-4-13(17-11)5-6-14-9-12-10-15-7-8-16(12)2/h3-4,12,14-15H,5-10H2,1-2H3. The van der Waals surface area contributed by atoms with Crippen molar-refractivity contribution < 1.29 is 4.42 Å². The third-order valence-electron chi connectivity index (χ3n) is 3.37. The molecule has 0 aromatic carbocycles. The summed E-state index contributed by atoms with van der Waals surface area (Å²) in [5.41, 5.74) is 0. The zero-order chi connectivity index (χ0) is 12.1. The maximum atomic E-state index is 5.53. The van der Waals surface area contributed by atoms with Crippen molar-refractivity contribution >= 4 is 0 Å². The number of aryl methyl sites for hydroxylation is 1. The molecule has 1 saturated heterocycles. The summed E-state index contributed by atoms with van der Waals surface area (Å²) in [5.74, 6) is 2.07. The minimum Gasteiger partial charge on any atom is -0.466 e. The number of likely N-dealkylation sites (N-methyl/N-ethyl adjacent to an activating group) is 1. The first-order valence-electron chi connectivity index (χ1n) is 6.42. The zero-order valence-electron chi connectivity index (χ0n) is 10.8. The zero-order valence-corrected chi connectivity index (χ0v) is 10.8. The van der Waals surface area contributed by atoms with E-state index in [9.17, 15) is 0 Å². The lowest BCUT2D eigenvalue weighted by Gasteiger charge is -2.33. The number of piperazine rings is 1. The second-order valence-electron chi connectivity index (χ2n) is 4.81.